The summed E-state index contributed by atoms with van der Waals surface area (Å²) in [5.41, 5.74) is -1.16. The zero-order chi connectivity index (χ0) is 14.0. The van der Waals surface area contributed by atoms with E-state index in [1.807, 2.05) is 0 Å². The number of alkyl halides is 3. The maximum absolute atomic E-state index is 12.6. The van der Waals surface area contributed by atoms with Crippen LogP contribution in [-0.2, 0) is 6.18 Å². The van der Waals surface area contributed by atoms with E-state index in [9.17, 15) is 23.3 Å². The molecule has 0 saturated heterocycles. The van der Waals surface area contributed by atoms with Crippen LogP contribution in [0.1, 0.15) is 5.56 Å². The number of hydrogen-bond donors (Lipinski definition) is 0. The third-order valence-electron chi connectivity index (χ3n) is 2.49. The quantitative estimate of drug-likeness (QED) is 0.616. The van der Waals surface area contributed by atoms with E-state index in [1.165, 1.54) is 24.5 Å². The zero-order valence-corrected chi connectivity index (χ0v) is 9.39. The van der Waals surface area contributed by atoms with Crippen molar-refractivity contribution < 1.29 is 18.1 Å². The summed E-state index contributed by atoms with van der Waals surface area (Å²) in [7, 11) is 0. The first-order valence-corrected chi connectivity index (χ1v) is 5.15. The van der Waals surface area contributed by atoms with Gasteiger partial charge >= 0.3 is 6.18 Å². The summed E-state index contributed by atoms with van der Waals surface area (Å²) >= 11 is 0. The van der Waals surface area contributed by atoms with Crippen molar-refractivity contribution in [2.24, 2.45) is 0 Å². The molecule has 1 heterocycles. The van der Waals surface area contributed by atoms with Gasteiger partial charge in [0.25, 0.3) is 5.69 Å². The van der Waals surface area contributed by atoms with Gasteiger partial charge in [0, 0.05) is 24.0 Å². The monoisotopic (exact) mass is 268 g/mol. The van der Waals surface area contributed by atoms with Crippen LogP contribution in [-0.4, -0.2) is 9.91 Å². The molecular formula is C12H7F3N2O2. The van der Waals surface area contributed by atoms with Gasteiger partial charge in [-0.15, -0.1) is 0 Å². The molecule has 19 heavy (non-hydrogen) atoms. The minimum absolute atomic E-state index is 0.104. The van der Waals surface area contributed by atoms with Gasteiger partial charge in [0.05, 0.1) is 16.1 Å². The van der Waals surface area contributed by atoms with Gasteiger partial charge in [0.2, 0.25) is 0 Å². The summed E-state index contributed by atoms with van der Waals surface area (Å²) in [6.07, 6.45) is -1.84. The smallest absolute Gasteiger partial charge is 0.264 e. The molecule has 98 valence electrons. The van der Waals surface area contributed by atoms with Crippen LogP contribution < -0.4 is 0 Å². The highest BCUT2D eigenvalue weighted by Gasteiger charge is 2.32. The van der Waals surface area contributed by atoms with Crippen LogP contribution in [0.5, 0.6) is 0 Å². The van der Waals surface area contributed by atoms with E-state index in [2.05, 4.69) is 4.98 Å². The average molecular weight is 268 g/mol. The molecule has 1 aromatic heterocycles. The van der Waals surface area contributed by atoms with Crippen LogP contribution in [0.4, 0.5) is 18.9 Å². The largest absolute Gasteiger partial charge is 0.416 e. The van der Waals surface area contributed by atoms with Gasteiger partial charge in [-0.05, 0) is 18.2 Å². The van der Waals surface area contributed by atoms with Gasteiger partial charge in [0.1, 0.15) is 0 Å². The van der Waals surface area contributed by atoms with Crippen molar-refractivity contribution in [3.63, 3.8) is 0 Å². The highest BCUT2D eigenvalue weighted by atomic mass is 19.4. The standard InChI is InChI=1S/C12H7F3N2O2/c13-12(14,15)9-3-4-11(17(18)19)10(6-9)8-2-1-5-16-7-8/h1-7H. The summed E-state index contributed by atoms with van der Waals surface area (Å²) in [6, 6.07) is 5.27. The molecule has 0 bridgehead atoms. The molecule has 0 N–H and O–H groups in total. The third kappa shape index (κ3) is 2.70. The van der Waals surface area contributed by atoms with E-state index < -0.39 is 16.7 Å². The van der Waals surface area contributed by atoms with Crippen molar-refractivity contribution in [1.29, 1.82) is 0 Å². The maximum atomic E-state index is 12.6. The number of rotatable bonds is 2. The van der Waals surface area contributed by atoms with Crippen molar-refractivity contribution in [1.82, 2.24) is 4.98 Å². The highest BCUT2D eigenvalue weighted by Crippen LogP contribution is 2.36. The molecule has 0 amide bonds. The Hall–Kier alpha value is -2.44. The first-order chi connectivity index (χ1) is 8.89. The predicted octanol–water partition coefficient (Wildman–Crippen LogP) is 3.68. The molecule has 0 saturated carbocycles. The lowest BCUT2D eigenvalue weighted by Gasteiger charge is -2.09. The molecule has 2 rings (SSSR count). The first kappa shape index (κ1) is 13.0. The molecule has 2 aromatic rings. The lowest BCUT2D eigenvalue weighted by Crippen LogP contribution is -2.05. The minimum atomic E-state index is -4.55. The lowest BCUT2D eigenvalue weighted by atomic mass is 10.0. The second-order valence-electron chi connectivity index (χ2n) is 3.73. The van der Waals surface area contributed by atoms with Crippen molar-refractivity contribution in [3.8, 4) is 11.1 Å². The van der Waals surface area contributed by atoms with Gasteiger partial charge in [-0.2, -0.15) is 13.2 Å². The summed E-state index contributed by atoms with van der Waals surface area (Å²) in [6.45, 7) is 0. The number of benzene rings is 1. The third-order valence-corrected chi connectivity index (χ3v) is 2.49. The topological polar surface area (TPSA) is 56.0 Å². The Balaban J connectivity index is 2.65. The number of nitro benzene ring substituents is 1. The van der Waals surface area contributed by atoms with Gasteiger partial charge in [-0.1, -0.05) is 6.07 Å². The SMILES string of the molecule is O=[N+]([O-])c1ccc(C(F)(F)F)cc1-c1cccnc1. The fourth-order valence-electron chi connectivity index (χ4n) is 1.62. The van der Waals surface area contributed by atoms with Gasteiger partial charge in [-0.25, -0.2) is 0 Å². The summed E-state index contributed by atoms with van der Waals surface area (Å²) in [5, 5.41) is 10.9. The number of nitrogens with zero attached hydrogens (tertiary/aromatic N) is 2. The summed E-state index contributed by atoms with van der Waals surface area (Å²) in [5.74, 6) is 0. The Bertz CT molecular complexity index is 612. The second kappa shape index (κ2) is 4.68. The van der Waals surface area contributed by atoms with Crippen molar-refractivity contribution >= 4 is 5.69 Å². The Morgan fingerprint density at radius 3 is 2.47 bits per heavy atom. The van der Waals surface area contributed by atoms with Crippen molar-refractivity contribution in [3.05, 3.63) is 58.4 Å². The molecule has 0 spiro atoms. The van der Waals surface area contributed by atoms with E-state index in [-0.39, 0.29) is 16.8 Å². The molecule has 0 aliphatic heterocycles. The van der Waals surface area contributed by atoms with Gasteiger partial charge in [0.15, 0.2) is 0 Å². The molecule has 4 nitrogen and oxygen atoms in total. The normalized spacial score (nSPS) is 11.3. The Labute approximate surface area is 105 Å². The molecule has 0 unspecified atom stereocenters. The van der Waals surface area contributed by atoms with Gasteiger partial charge in [-0.3, -0.25) is 15.1 Å². The maximum Gasteiger partial charge on any atom is 0.416 e. The number of hydrogen-bond acceptors (Lipinski definition) is 3. The molecule has 7 heteroatoms. The molecule has 0 aliphatic carbocycles. The first-order valence-electron chi connectivity index (χ1n) is 5.15. The van der Waals surface area contributed by atoms with Gasteiger partial charge < -0.3 is 0 Å². The van der Waals surface area contributed by atoms with Crippen LogP contribution in [0.15, 0.2) is 42.7 Å². The molecular weight excluding hydrogens is 261 g/mol. The Kier molecular flexibility index (Phi) is 3.20. The molecule has 0 aliphatic rings. The molecule has 0 fully saturated rings. The van der Waals surface area contributed by atoms with Crippen LogP contribution in [0.3, 0.4) is 0 Å². The molecule has 0 atom stereocenters. The number of halogens is 3. The van der Waals surface area contributed by atoms with Crippen LogP contribution >= 0.6 is 0 Å². The second-order valence-corrected chi connectivity index (χ2v) is 3.73. The zero-order valence-electron chi connectivity index (χ0n) is 9.39. The Morgan fingerprint density at radius 1 is 1.21 bits per heavy atom. The van der Waals surface area contributed by atoms with Crippen LogP contribution in [0.25, 0.3) is 11.1 Å². The van der Waals surface area contributed by atoms with E-state index in [4.69, 9.17) is 0 Å². The van der Waals surface area contributed by atoms with Crippen molar-refractivity contribution in [2.45, 2.75) is 6.18 Å². The van der Waals surface area contributed by atoms with E-state index in [0.717, 1.165) is 12.1 Å². The van der Waals surface area contributed by atoms with Crippen molar-refractivity contribution in [2.75, 3.05) is 0 Å². The van der Waals surface area contributed by atoms with E-state index in [1.54, 1.807) is 0 Å². The van der Waals surface area contributed by atoms with E-state index in [0.29, 0.717) is 6.07 Å². The van der Waals surface area contributed by atoms with E-state index >= 15 is 0 Å². The number of pyridine rings is 1. The highest BCUT2D eigenvalue weighted by molar-refractivity contribution is 5.73. The molecule has 0 radical (unpaired) electrons. The number of nitro groups is 1. The summed E-state index contributed by atoms with van der Waals surface area (Å²) in [4.78, 5) is 13.9. The summed E-state index contributed by atoms with van der Waals surface area (Å²) < 4.78 is 37.9. The fourth-order valence-corrected chi connectivity index (χ4v) is 1.62. The van der Waals surface area contributed by atoms with Crippen LogP contribution in [0.2, 0.25) is 0 Å². The lowest BCUT2D eigenvalue weighted by molar-refractivity contribution is -0.384. The molecule has 1 aromatic carbocycles. The minimum Gasteiger partial charge on any atom is -0.264 e. The average Bonchev–Trinajstić information content (AvgIpc) is 2.38. The fraction of sp³-hybridized carbons (Fsp3) is 0.0833. The predicted molar refractivity (Wildman–Crippen MR) is 61.3 cm³/mol. The number of aromatic nitrogens is 1. The Morgan fingerprint density at radius 2 is 1.95 bits per heavy atom. The van der Waals surface area contributed by atoms with Crippen LogP contribution in [0, 0.1) is 10.1 Å².